The highest BCUT2D eigenvalue weighted by Crippen LogP contribution is 2.23. The van der Waals surface area contributed by atoms with Crippen LogP contribution in [0.4, 0.5) is 0 Å². The Labute approximate surface area is 108 Å². The number of carbonyl (C=O) groups excluding carboxylic acids is 1. The van der Waals surface area contributed by atoms with Gasteiger partial charge in [-0.05, 0) is 46.1 Å². The number of nitrogens with zero attached hydrogens (tertiary/aromatic N) is 2. The van der Waals surface area contributed by atoms with Gasteiger partial charge in [0.05, 0.1) is 11.8 Å². The largest absolute Gasteiger partial charge is 0.361 e. The molecule has 1 aromatic rings. The average Bonchev–Trinajstić information content (AvgIpc) is 2.77. The average molecular weight is 250 g/mol. The lowest BCUT2D eigenvalue weighted by atomic mass is 9.91. The summed E-state index contributed by atoms with van der Waals surface area (Å²) in [4.78, 5) is 13.9. The van der Waals surface area contributed by atoms with Gasteiger partial charge in [-0.1, -0.05) is 5.16 Å². The maximum Gasteiger partial charge on any atom is 0.164 e. The quantitative estimate of drug-likeness (QED) is 0.770. The number of piperidine rings is 1. The lowest BCUT2D eigenvalue weighted by molar-refractivity contribution is 0.101. The van der Waals surface area contributed by atoms with Gasteiger partial charge in [-0.2, -0.15) is 0 Å². The molecule has 18 heavy (non-hydrogen) atoms. The van der Waals surface area contributed by atoms with Crippen molar-refractivity contribution >= 4 is 5.78 Å². The Hall–Kier alpha value is -1.16. The molecule has 0 aromatic carbocycles. The van der Waals surface area contributed by atoms with Gasteiger partial charge in [-0.15, -0.1) is 0 Å². The molecule has 1 saturated heterocycles. The molecule has 1 atom stereocenters. The third kappa shape index (κ3) is 2.99. The molecule has 4 heteroatoms. The van der Waals surface area contributed by atoms with Crippen molar-refractivity contribution in [3.8, 4) is 0 Å². The fourth-order valence-electron chi connectivity index (χ4n) is 2.69. The molecule has 4 nitrogen and oxygen atoms in total. The Morgan fingerprint density at radius 3 is 3.06 bits per heavy atom. The second kappa shape index (κ2) is 5.65. The fourth-order valence-corrected chi connectivity index (χ4v) is 2.69. The minimum atomic E-state index is 0.0442. The summed E-state index contributed by atoms with van der Waals surface area (Å²) in [6.07, 6.45) is 4.81. The maximum absolute atomic E-state index is 11.4. The van der Waals surface area contributed by atoms with Crippen molar-refractivity contribution in [1.82, 2.24) is 10.1 Å². The van der Waals surface area contributed by atoms with Gasteiger partial charge in [0, 0.05) is 19.0 Å². The first kappa shape index (κ1) is 13.3. The van der Waals surface area contributed by atoms with Gasteiger partial charge in [0.15, 0.2) is 5.78 Å². The van der Waals surface area contributed by atoms with Gasteiger partial charge in [-0.3, -0.25) is 4.79 Å². The molecule has 0 N–H and O–H groups in total. The van der Waals surface area contributed by atoms with E-state index in [1.807, 2.05) is 0 Å². The molecule has 1 unspecified atom stereocenters. The molecule has 0 spiro atoms. The molecule has 1 aliphatic heterocycles. The van der Waals surface area contributed by atoms with Crippen LogP contribution in [0.1, 0.15) is 49.7 Å². The molecular formula is C14H22N2O2. The summed E-state index contributed by atoms with van der Waals surface area (Å²) in [7, 11) is 0. The standard InChI is InChI=1S/C14H22N2O2/c1-10(2)16-6-4-5-12(9-16)7-14-13(11(3)17)8-15-18-14/h8,10,12H,4-7,9H2,1-3H3. The van der Waals surface area contributed by atoms with Crippen molar-refractivity contribution in [2.24, 2.45) is 5.92 Å². The molecule has 1 fully saturated rings. The monoisotopic (exact) mass is 250 g/mol. The molecule has 0 aliphatic carbocycles. The number of hydrogen-bond donors (Lipinski definition) is 0. The van der Waals surface area contributed by atoms with E-state index >= 15 is 0 Å². The highest BCUT2D eigenvalue weighted by Gasteiger charge is 2.24. The molecule has 0 saturated carbocycles. The predicted octanol–water partition coefficient (Wildman–Crippen LogP) is 2.54. The molecule has 0 bridgehead atoms. The Bertz CT molecular complexity index is 412. The number of likely N-dealkylation sites (tertiary alicyclic amines) is 1. The van der Waals surface area contributed by atoms with Crippen molar-refractivity contribution in [1.29, 1.82) is 0 Å². The topological polar surface area (TPSA) is 46.3 Å². The van der Waals surface area contributed by atoms with E-state index in [1.54, 1.807) is 13.1 Å². The summed E-state index contributed by atoms with van der Waals surface area (Å²) in [5.74, 6) is 1.38. The Balaban J connectivity index is 2.00. The summed E-state index contributed by atoms with van der Waals surface area (Å²) in [6, 6.07) is 0.592. The first-order valence-electron chi connectivity index (χ1n) is 6.76. The van der Waals surface area contributed by atoms with Crippen molar-refractivity contribution in [3.05, 3.63) is 17.5 Å². The van der Waals surface area contributed by atoms with Gasteiger partial charge in [0.2, 0.25) is 0 Å². The van der Waals surface area contributed by atoms with E-state index in [0.717, 1.165) is 18.7 Å². The second-order valence-electron chi connectivity index (χ2n) is 5.52. The predicted molar refractivity (Wildman–Crippen MR) is 69.6 cm³/mol. The maximum atomic E-state index is 11.4. The van der Waals surface area contributed by atoms with E-state index in [2.05, 4.69) is 23.9 Å². The van der Waals surface area contributed by atoms with Crippen LogP contribution in [0.25, 0.3) is 0 Å². The van der Waals surface area contributed by atoms with E-state index in [9.17, 15) is 4.79 Å². The third-order valence-electron chi connectivity index (χ3n) is 3.78. The zero-order chi connectivity index (χ0) is 13.1. The van der Waals surface area contributed by atoms with Crippen LogP contribution in [0.15, 0.2) is 10.7 Å². The number of Topliss-reactive ketones (excluding diaryl/α,β-unsaturated/α-hetero) is 1. The molecular weight excluding hydrogens is 228 g/mol. The van der Waals surface area contributed by atoms with Gasteiger partial charge < -0.3 is 9.42 Å². The summed E-state index contributed by atoms with van der Waals surface area (Å²) in [5.41, 5.74) is 0.650. The summed E-state index contributed by atoms with van der Waals surface area (Å²) >= 11 is 0. The van der Waals surface area contributed by atoms with Crippen molar-refractivity contribution in [2.45, 2.75) is 46.1 Å². The normalized spacial score (nSPS) is 21.4. The van der Waals surface area contributed by atoms with Gasteiger partial charge >= 0.3 is 0 Å². The number of hydrogen-bond acceptors (Lipinski definition) is 4. The van der Waals surface area contributed by atoms with Crippen molar-refractivity contribution in [2.75, 3.05) is 13.1 Å². The van der Waals surface area contributed by atoms with Crippen LogP contribution in [-0.4, -0.2) is 35.0 Å². The summed E-state index contributed by atoms with van der Waals surface area (Å²) in [5, 5.41) is 3.75. The Morgan fingerprint density at radius 1 is 1.61 bits per heavy atom. The molecule has 0 amide bonds. The van der Waals surface area contributed by atoms with Crippen LogP contribution in [0.5, 0.6) is 0 Å². The van der Waals surface area contributed by atoms with Gasteiger partial charge in [-0.25, -0.2) is 0 Å². The van der Waals surface area contributed by atoms with Crippen molar-refractivity contribution in [3.63, 3.8) is 0 Å². The van der Waals surface area contributed by atoms with Crippen LogP contribution in [0.3, 0.4) is 0 Å². The SMILES string of the molecule is CC(=O)c1cnoc1CC1CCCN(C(C)C)C1. The second-order valence-corrected chi connectivity index (χ2v) is 5.52. The molecule has 1 aliphatic rings. The number of ketones is 1. The summed E-state index contributed by atoms with van der Waals surface area (Å²) < 4.78 is 5.24. The molecule has 2 rings (SSSR count). The van der Waals surface area contributed by atoms with Crippen molar-refractivity contribution < 1.29 is 9.32 Å². The van der Waals surface area contributed by atoms with Gasteiger partial charge in [0.25, 0.3) is 0 Å². The van der Waals surface area contributed by atoms with E-state index in [4.69, 9.17) is 4.52 Å². The molecule has 1 aromatic heterocycles. The van der Waals surface area contributed by atoms with E-state index in [-0.39, 0.29) is 5.78 Å². The molecule has 2 heterocycles. The third-order valence-corrected chi connectivity index (χ3v) is 3.78. The van der Waals surface area contributed by atoms with Gasteiger partial charge in [0.1, 0.15) is 5.76 Å². The minimum absolute atomic E-state index is 0.0442. The lowest BCUT2D eigenvalue weighted by Crippen LogP contribution is -2.40. The van der Waals surface area contributed by atoms with E-state index in [1.165, 1.54) is 19.4 Å². The number of aromatic nitrogens is 1. The Kier molecular flexibility index (Phi) is 4.17. The van der Waals surface area contributed by atoms with Crippen LogP contribution >= 0.6 is 0 Å². The highest BCUT2D eigenvalue weighted by molar-refractivity contribution is 5.94. The first-order chi connectivity index (χ1) is 8.58. The number of carbonyl (C=O) groups is 1. The smallest absolute Gasteiger partial charge is 0.164 e. The van der Waals surface area contributed by atoms with E-state index in [0.29, 0.717) is 17.5 Å². The molecule has 0 radical (unpaired) electrons. The zero-order valence-electron chi connectivity index (χ0n) is 11.5. The highest BCUT2D eigenvalue weighted by atomic mass is 16.5. The Morgan fingerprint density at radius 2 is 2.39 bits per heavy atom. The van der Waals surface area contributed by atoms with Crippen LogP contribution in [0.2, 0.25) is 0 Å². The summed E-state index contributed by atoms with van der Waals surface area (Å²) in [6.45, 7) is 8.31. The fraction of sp³-hybridized carbons (Fsp3) is 0.714. The minimum Gasteiger partial charge on any atom is -0.361 e. The number of rotatable bonds is 4. The zero-order valence-corrected chi connectivity index (χ0v) is 11.5. The first-order valence-corrected chi connectivity index (χ1v) is 6.76. The lowest BCUT2D eigenvalue weighted by Gasteiger charge is -2.35. The molecule has 100 valence electrons. The van der Waals surface area contributed by atoms with Crippen LogP contribution in [0, 0.1) is 5.92 Å². The van der Waals surface area contributed by atoms with E-state index < -0.39 is 0 Å². The van der Waals surface area contributed by atoms with Crippen LogP contribution < -0.4 is 0 Å². The van der Waals surface area contributed by atoms with Crippen LogP contribution in [-0.2, 0) is 6.42 Å².